The van der Waals surface area contributed by atoms with E-state index in [2.05, 4.69) is 15.3 Å². The Balaban J connectivity index is 1.54. The number of rotatable bonds is 6. The summed E-state index contributed by atoms with van der Waals surface area (Å²) in [7, 11) is -4.15. The molecule has 1 saturated heterocycles. The maximum Gasteiger partial charge on any atom is 0.434 e. The van der Waals surface area contributed by atoms with Crippen molar-refractivity contribution >= 4 is 15.9 Å². The average Bonchev–Trinajstić information content (AvgIpc) is 3.29. The van der Waals surface area contributed by atoms with Crippen molar-refractivity contribution < 1.29 is 35.2 Å². The summed E-state index contributed by atoms with van der Waals surface area (Å²) in [6.45, 7) is 1.26. The van der Waals surface area contributed by atoms with Crippen LogP contribution in [-0.4, -0.2) is 40.7 Å². The molecule has 2 atom stereocenters. The molecule has 1 aliphatic heterocycles. The molecule has 1 aromatic carbocycles. The molecule has 0 saturated carbocycles. The lowest BCUT2D eigenvalue weighted by atomic mass is 10.1. The second-order valence-electron chi connectivity index (χ2n) is 8.84. The second-order valence-corrected chi connectivity index (χ2v) is 10.7. The van der Waals surface area contributed by atoms with Gasteiger partial charge < -0.3 is 5.32 Å². The Labute approximate surface area is 220 Å². The summed E-state index contributed by atoms with van der Waals surface area (Å²) in [5, 5.41) is 11.6. The Kier molecular flexibility index (Phi) is 7.67. The number of carbonyl (C=O) groups is 1. The number of hydrogen-bond donors (Lipinski definition) is 1. The molecular formula is C25H20F5N5O3S. The number of sulfonamides is 1. The molecule has 39 heavy (non-hydrogen) atoms. The maximum atomic E-state index is 14.5. The number of amides is 1. The topological polar surface area (TPSA) is 116 Å². The second kappa shape index (κ2) is 10.7. The lowest BCUT2D eigenvalue weighted by Gasteiger charge is -2.27. The SMILES string of the molecule is C[C@H]1CC[C@@H](C(=O)NCc2cc(-c3cnc(C(F)(F)F)c(C#N)c3)ncc2F)N1S(=O)(=O)c1ccc(F)cc1. The first kappa shape index (κ1) is 28.1. The first-order valence-corrected chi connectivity index (χ1v) is 13.0. The number of benzene rings is 1. The molecule has 1 fully saturated rings. The third kappa shape index (κ3) is 5.74. The Bertz CT molecular complexity index is 1560. The number of nitrogens with zero attached hydrogens (tertiary/aromatic N) is 4. The monoisotopic (exact) mass is 565 g/mol. The summed E-state index contributed by atoms with van der Waals surface area (Å²) in [5.74, 6) is -2.13. The summed E-state index contributed by atoms with van der Waals surface area (Å²) in [5.41, 5.74) is -2.15. The zero-order valence-corrected chi connectivity index (χ0v) is 21.0. The predicted octanol–water partition coefficient (Wildman–Crippen LogP) is 4.17. The number of alkyl halides is 3. The zero-order chi connectivity index (χ0) is 28.5. The van der Waals surface area contributed by atoms with E-state index in [9.17, 15) is 35.2 Å². The van der Waals surface area contributed by atoms with E-state index < -0.39 is 57.1 Å². The summed E-state index contributed by atoms with van der Waals surface area (Å²) in [4.78, 5) is 20.0. The highest BCUT2D eigenvalue weighted by Crippen LogP contribution is 2.33. The van der Waals surface area contributed by atoms with Gasteiger partial charge in [-0.05, 0) is 56.2 Å². The molecule has 14 heteroatoms. The standard InChI is InChI=1S/C25H20F5N5O3S/c1-14-2-7-22(35(14)39(37,38)19-5-3-18(26)4-6-19)24(36)34-11-16-9-21(32-13-20(16)27)17-8-15(10-31)23(33-12-17)25(28,29)30/h3-6,8-9,12-14,22H,2,7,11H2,1H3,(H,34,36)/t14-,22-/m0/s1. The molecule has 3 aromatic rings. The zero-order valence-electron chi connectivity index (χ0n) is 20.2. The van der Waals surface area contributed by atoms with Crippen molar-refractivity contribution in [3.05, 3.63) is 77.2 Å². The Morgan fingerprint density at radius 2 is 1.82 bits per heavy atom. The molecule has 0 radical (unpaired) electrons. The van der Waals surface area contributed by atoms with Crippen LogP contribution in [0, 0.1) is 23.0 Å². The largest absolute Gasteiger partial charge is 0.434 e. The van der Waals surface area contributed by atoms with Gasteiger partial charge in [-0.1, -0.05) is 0 Å². The van der Waals surface area contributed by atoms with E-state index in [1.165, 1.54) is 12.1 Å². The van der Waals surface area contributed by atoms with E-state index in [1.54, 1.807) is 6.92 Å². The summed E-state index contributed by atoms with van der Waals surface area (Å²) in [6.07, 6.45) is -2.60. The molecule has 0 unspecified atom stereocenters. The fourth-order valence-corrected chi connectivity index (χ4v) is 6.17. The van der Waals surface area contributed by atoms with Crippen LogP contribution in [0.2, 0.25) is 0 Å². The van der Waals surface area contributed by atoms with Crippen molar-refractivity contribution in [2.45, 2.75) is 49.5 Å². The summed E-state index contributed by atoms with van der Waals surface area (Å²) in [6, 6.07) is 6.12. The van der Waals surface area contributed by atoms with Gasteiger partial charge in [0, 0.05) is 29.9 Å². The van der Waals surface area contributed by atoms with Gasteiger partial charge in [-0.3, -0.25) is 9.78 Å². The van der Waals surface area contributed by atoms with Gasteiger partial charge in [-0.2, -0.15) is 22.7 Å². The highest BCUT2D eigenvalue weighted by atomic mass is 32.2. The molecule has 204 valence electrons. The minimum atomic E-state index is -4.84. The van der Waals surface area contributed by atoms with Crippen molar-refractivity contribution in [2.75, 3.05) is 0 Å². The minimum Gasteiger partial charge on any atom is -0.351 e. The predicted molar refractivity (Wildman–Crippen MR) is 127 cm³/mol. The molecule has 3 heterocycles. The van der Waals surface area contributed by atoms with E-state index in [4.69, 9.17) is 5.26 Å². The highest BCUT2D eigenvalue weighted by molar-refractivity contribution is 7.89. The first-order valence-electron chi connectivity index (χ1n) is 11.5. The van der Waals surface area contributed by atoms with Crippen molar-refractivity contribution in [1.82, 2.24) is 19.6 Å². The molecule has 4 rings (SSSR count). The van der Waals surface area contributed by atoms with Gasteiger partial charge in [0.15, 0.2) is 5.69 Å². The van der Waals surface area contributed by atoms with Gasteiger partial charge in [0.25, 0.3) is 0 Å². The number of carbonyl (C=O) groups excluding carboxylic acids is 1. The van der Waals surface area contributed by atoms with Crippen LogP contribution in [0.5, 0.6) is 0 Å². The number of pyridine rings is 2. The number of nitrogens with one attached hydrogen (secondary N) is 1. The Hall–Kier alpha value is -3.96. The molecule has 0 aliphatic carbocycles. The van der Waals surface area contributed by atoms with Gasteiger partial charge in [-0.25, -0.2) is 22.2 Å². The lowest BCUT2D eigenvalue weighted by Crippen LogP contribution is -2.48. The number of nitriles is 1. The van der Waals surface area contributed by atoms with Crippen LogP contribution in [0.4, 0.5) is 22.0 Å². The van der Waals surface area contributed by atoms with Crippen LogP contribution >= 0.6 is 0 Å². The van der Waals surface area contributed by atoms with E-state index in [-0.39, 0.29) is 34.7 Å². The van der Waals surface area contributed by atoms with Crippen LogP contribution in [0.15, 0.2) is 53.7 Å². The quantitative estimate of drug-likeness (QED) is 0.449. The van der Waals surface area contributed by atoms with Gasteiger partial charge in [0.1, 0.15) is 23.7 Å². The molecule has 0 bridgehead atoms. The fourth-order valence-electron chi connectivity index (χ4n) is 4.33. The molecule has 0 spiro atoms. The van der Waals surface area contributed by atoms with Gasteiger partial charge in [-0.15, -0.1) is 0 Å². The Morgan fingerprint density at radius 3 is 2.46 bits per heavy atom. The van der Waals surface area contributed by atoms with Crippen molar-refractivity contribution in [3.63, 3.8) is 0 Å². The van der Waals surface area contributed by atoms with E-state index >= 15 is 0 Å². The van der Waals surface area contributed by atoms with Crippen LogP contribution in [0.25, 0.3) is 11.3 Å². The van der Waals surface area contributed by atoms with Crippen LogP contribution in [-0.2, 0) is 27.5 Å². The van der Waals surface area contributed by atoms with E-state index in [1.807, 2.05) is 0 Å². The van der Waals surface area contributed by atoms with Crippen LogP contribution < -0.4 is 5.32 Å². The lowest BCUT2D eigenvalue weighted by molar-refractivity contribution is -0.141. The third-order valence-electron chi connectivity index (χ3n) is 6.25. The molecule has 1 amide bonds. The van der Waals surface area contributed by atoms with Crippen LogP contribution in [0.1, 0.15) is 36.6 Å². The van der Waals surface area contributed by atoms with E-state index in [0.29, 0.717) is 6.42 Å². The number of aromatic nitrogens is 2. The molecule has 1 N–H and O–H groups in total. The summed E-state index contributed by atoms with van der Waals surface area (Å²) < 4.78 is 94.4. The smallest absolute Gasteiger partial charge is 0.351 e. The maximum absolute atomic E-state index is 14.5. The van der Waals surface area contributed by atoms with Crippen molar-refractivity contribution in [3.8, 4) is 17.3 Å². The first-order chi connectivity index (χ1) is 18.3. The third-order valence-corrected chi connectivity index (χ3v) is 8.29. The minimum absolute atomic E-state index is 0.00776. The van der Waals surface area contributed by atoms with Gasteiger partial charge in [0.05, 0.1) is 22.3 Å². The average molecular weight is 566 g/mol. The fraction of sp³-hybridized carbons (Fsp3) is 0.280. The van der Waals surface area contributed by atoms with Crippen molar-refractivity contribution in [1.29, 1.82) is 5.26 Å². The molecule has 8 nitrogen and oxygen atoms in total. The number of halogens is 5. The van der Waals surface area contributed by atoms with Gasteiger partial charge >= 0.3 is 6.18 Å². The number of hydrogen-bond acceptors (Lipinski definition) is 6. The summed E-state index contributed by atoms with van der Waals surface area (Å²) >= 11 is 0. The van der Waals surface area contributed by atoms with E-state index in [0.717, 1.165) is 47.0 Å². The van der Waals surface area contributed by atoms with Crippen LogP contribution in [0.3, 0.4) is 0 Å². The Morgan fingerprint density at radius 1 is 1.13 bits per heavy atom. The van der Waals surface area contributed by atoms with Gasteiger partial charge in [0.2, 0.25) is 15.9 Å². The van der Waals surface area contributed by atoms with Crippen molar-refractivity contribution in [2.24, 2.45) is 0 Å². The highest BCUT2D eigenvalue weighted by Gasteiger charge is 2.43. The molecule has 2 aromatic heterocycles. The molecular weight excluding hydrogens is 545 g/mol. The molecule has 1 aliphatic rings. The normalized spacial score (nSPS) is 18.1.